The molecule has 6 rings (SSSR count). The van der Waals surface area contributed by atoms with Crippen LogP contribution in [0.1, 0.15) is 34.4 Å². The van der Waals surface area contributed by atoms with Crippen molar-refractivity contribution in [3.63, 3.8) is 0 Å². The lowest BCUT2D eigenvalue weighted by Gasteiger charge is -2.09. The molecule has 1 aliphatic carbocycles. The number of hydrogen-bond acceptors (Lipinski definition) is 3. The first-order chi connectivity index (χ1) is 15.2. The summed E-state index contributed by atoms with van der Waals surface area (Å²) in [5.74, 6) is 0.662. The molecular weight excluding hydrogens is 402 g/mol. The number of H-pyrrole nitrogens is 1. The number of nitrogens with zero attached hydrogens (tertiary/aromatic N) is 2. The van der Waals surface area contributed by atoms with Crippen LogP contribution in [0.25, 0.3) is 32.5 Å². The summed E-state index contributed by atoms with van der Waals surface area (Å²) in [4.78, 5) is 23.4. The molecule has 0 spiro atoms. The van der Waals surface area contributed by atoms with Gasteiger partial charge in [-0.25, -0.2) is 4.98 Å². The number of aromatic amines is 1. The van der Waals surface area contributed by atoms with Gasteiger partial charge in [0.2, 0.25) is 0 Å². The van der Waals surface area contributed by atoms with E-state index in [-0.39, 0.29) is 5.56 Å². The third-order valence-electron chi connectivity index (χ3n) is 6.30. The van der Waals surface area contributed by atoms with E-state index in [1.165, 1.54) is 28.0 Å². The molecule has 0 bridgehead atoms. The highest BCUT2D eigenvalue weighted by atomic mass is 32.1. The molecule has 1 N–H and O–H groups in total. The van der Waals surface area contributed by atoms with Gasteiger partial charge in [0.05, 0.1) is 5.39 Å². The van der Waals surface area contributed by atoms with E-state index in [1.54, 1.807) is 11.3 Å². The van der Waals surface area contributed by atoms with Crippen LogP contribution in [0, 0.1) is 6.92 Å². The van der Waals surface area contributed by atoms with Gasteiger partial charge in [0.25, 0.3) is 5.56 Å². The van der Waals surface area contributed by atoms with E-state index in [0.717, 1.165) is 52.5 Å². The molecule has 0 radical (unpaired) electrons. The number of rotatable bonds is 3. The van der Waals surface area contributed by atoms with E-state index in [1.807, 2.05) is 6.07 Å². The number of fused-ring (bicyclic) bond motifs is 4. The van der Waals surface area contributed by atoms with Gasteiger partial charge in [-0.2, -0.15) is 0 Å². The van der Waals surface area contributed by atoms with E-state index in [2.05, 4.69) is 65.1 Å². The lowest BCUT2D eigenvalue weighted by atomic mass is 9.97. The van der Waals surface area contributed by atoms with E-state index >= 15 is 0 Å². The minimum atomic E-state index is -0.00471. The van der Waals surface area contributed by atoms with Gasteiger partial charge in [0.15, 0.2) is 0 Å². The first-order valence-electron chi connectivity index (χ1n) is 10.9. The molecule has 0 unspecified atom stereocenters. The number of benzene rings is 2. The molecule has 3 heterocycles. The summed E-state index contributed by atoms with van der Waals surface area (Å²) >= 11 is 1.70. The second-order valence-corrected chi connectivity index (χ2v) is 9.57. The summed E-state index contributed by atoms with van der Waals surface area (Å²) < 4.78 is 2.25. The van der Waals surface area contributed by atoms with Gasteiger partial charge in [-0.1, -0.05) is 48.0 Å². The van der Waals surface area contributed by atoms with Crippen LogP contribution < -0.4 is 5.56 Å². The molecule has 0 amide bonds. The average molecular weight is 426 g/mol. The Morgan fingerprint density at radius 3 is 2.87 bits per heavy atom. The van der Waals surface area contributed by atoms with E-state index in [9.17, 15) is 4.79 Å². The molecule has 5 heteroatoms. The predicted molar refractivity (Wildman–Crippen MR) is 128 cm³/mol. The van der Waals surface area contributed by atoms with Crippen molar-refractivity contribution in [2.45, 2.75) is 39.2 Å². The number of aryl methyl sites for hydroxylation is 3. The van der Waals surface area contributed by atoms with E-state index in [0.29, 0.717) is 5.82 Å². The zero-order valence-corrected chi connectivity index (χ0v) is 18.3. The highest BCUT2D eigenvalue weighted by Crippen LogP contribution is 2.35. The van der Waals surface area contributed by atoms with E-state index < -0.39 is 0 Å². The minimum Gasteiger partial charge on any atom is -0.342 e. The van der Waals surface area contributed by atoms with Crippen LogP contribution in [0.15, 0.2) is 59.5 Å². The summed E-state index contributed by atoms with van der Waals surface area (Å²) in [6.45, 7) is 2.90. The molecule has 2 aromatic carbocycles. The highest BCUT2D eigenvalue weighted by molar-refractivity contribution is 7.18. The number of thiophene rings is 1. The van der Waals surface area contributed by atoms with Crippen molar-refractivity contribution in [2.24, 2.45) is 0 Å². The largest absolute Gasteiger partial charge is 0.342 e. The van der Waals surface area contributed by atoms with Gasteiger partial charge in [-0.3, -0.25) is 4.79 Å². The Kier molecular flexibility index (Phi) is 4.32. The number of nitrogens with one attached hydrogen (secondary N) is 1. The van der Waals surface area contributed by atoms with Crippen LogP contribution in [-0.4, -0.2) is 14.5 Å². The first-order valence-corrected chi connectivity index (χ1v) is 11.7. The second kappa shape index (κ2) is 7.20. The summed E-state index contributed by atoms with van der Waals surface area (Å²) in [5, 5.41) is 1.92. The topological polar surface area (TPSA) is 50.7 Å². The Bertz CT molecular complexity index is 1500. The van der Waals surface area contributed by atoms with Crippen molar-refractivity contribution in [3.05, 3.63) is 86.6 Å². The molecule has 5 aromatic rings. The fourth-order valence-corrected chi connectivity index (χ4v) is 6.13. The van der Waals surface area contributed by atoms with Crippen molar-refractivity contribution in [3.8, 4) is 11.4 Å². The summed E-state index contributed by atoms with van der Waals surface area (Å²) in [6, 6.07) is 16.9. The molecule has 1 aliphatic rings. The SMILES string of the molecule is Cc1cccc(Cn2cc(-c3nc4sc5c(c4c(=O)[nH]3)CCCC5)c3ccccc32)c1. The zero-order valence-electron chi connectivity index (χ0n) is 17.4. The highest BCUT2D eigenvalue weighted by Gasteiger charge is 2.21. The molecular formula is C26H23N3OS. The third kappa shape index (κ3) is 3.12. The smallest absolute Gasteiger partial charge is 0.260 e. The van der Waals surface area contributed by atoms with Crippen LogP contribution in [0.3, 0.4) is 0 Å². The van der Waals surface area contributed by atoms with Crippen LogP contribution >= 0.6 is 11.3 Å². The molecule has 3 aromatic heterocycles. The standard InChI is InChI=1S/C26H23N3OS/c1-16-7-6-8-17(13-16)14-29-15-20(18-9-2-4-11-21(18)29)24-27-25(30)23-19-10-3-5-12-22(19)31-26(23)28-24/h2,4,6-9,11,13,15H,3,5,10,12,14H2,1H3,(H,27,28,30). The molecule has 0 aliphatic heterocycles. The molecule has 0 saturated heterocycles. The molecule has 31 heavy (non-hydrogen) atoms. The van der Waals surface area contributed by atoms with Crippen LogP contribution in [0.5, 0.6) is 0 Å². The third-order valence-corrected chi connectivity index (χ3v) is 7.49. The Labute approximate surface area is 184 Å². The Balaban J connectivity index is 1.52. The van der Waals surface area contributed by atoms with Gasteiger partial charge in [-0.15, -0.1) is 11.3 Å². The first kappa shape index (κ1) is 18.6. The van der Waals surface area contributed by atoms with E-state index in [4.69, 9.17) is 4.98 Å². The fourth-order valence-electron chi connectivity index (χ4n) is 4.86. The fraction of sp³-hybridized carbons (Fsp3) is 0.231. The van der Waals surface area contributed by atoms with Gasteiger partial charge in [-0.05, 0) is 49.8 Å². The quantitative estimate of drug-likeness (QED) is 0.395. The number of para-hydroxylation sites is 1. The summed E-state index contributed by atoms with van der Waals surface area (Å²) in [5.41, 5.74) is 5.87. The molecule has 4 nitrogen and oxygen atoms in total. The normalized spacial score (nSPS) is 13.7. The predicted octanol–water partition coefficient (Wildman–Crippen LogP) is 5.84. The van der Waals surface area contributed by atoms with Crippen molar-refractivity contribution >= 4 is 32.5 Å². The van der Waals surface area contributed by atoms with Gasteiger partial charge >= 0.3 is 0 Å². The number of aromatic nitrogens is 3. The monoisotopic (exact) mass is 425 g/mol. The maximum Gasteiger partial charge on any atom is 0.260 e. The lowest BCUT2D eigenvalue weighted by Crippen LogP contribution is -2.11. The van der Waals surface area contributed by atoms with Gasteiger partial charge < -0.3 is 9.55 Å². The molecule has 154 valence electrons. The molecule has 0 atom stereocenters. The zero-order chi connectivity index (χ0) is 20.9. The van der Waals surface area contributed by atoms with Crippen LogP contribution in [-0.2, 0) is 19.4 Å². The maximum absolute atomic E-state index is 13.1. The Morgan fingerprint density at radius 2 is 1.97 bits per heavy atom. The second-order valence-electron chi connectivity index (χ2n) is 8.48. The Hall–Kier alpha value is -3.18. The summed E-state index contributed by atoms with van der Waals surface area (Å²) in [7, 11) is 0. The number of hydrogen-bond donors (Lipinski definition) is 1. The molecule has 0 fully saturated rings. The van der Waals surface area contributed by atoms with Gasteiger partial charge in [0, 0.05) is 34.1 Å². The Morgan fingerprint density at radius 1 is 1.10 bits per heavy atom. The van der Waals surface area contributed by atoms with Crippen molar-refractivity contribution in [1.29, 1.82) is 0 Å². The van der Waals surface area contributed by atoms with Crippen molar-refractivity contribution < 1.29 is 0 Å². The minimum absolute atomic E-state index is 0.00471. The summed E-state index contributed by atoms with van der Waals surface area (Å²) in [6.07, 6.45) is 6.56. The van der Waals surface area contributed by atoms with Crippen molar-refractivity contribution in [2.75, 3.05) is 0 Å². The van der Waals surface area contributed by atoms with Gasteiger partial charge in [0.1, 0.15) is 10.7 Å². The van der Waals surface area contributed by atoms with Crippen LogP contribution in [0.4, 0.5) is 0 Å². The lowest BCUT2D eigenvalue weighted by molar-refractivity contribution is 0.700. The maximum atomic E-state index is 13.1. The molecule has 0 saturated carbocycles. The average Bonchev–Trinajstić information content (AvgIpc) is 3.32. The van der Waals surface area contributed by atoms with Crippen LogP contribution in [0.2, 0.25) is 0 Å². The van der Waals surface area contributed by atoms with Crippen molar-refractivity contribution in [1.82, 2.24) is 14.5 Å².